The van der Waals surface area contributed by atoms with E-state index in [0.29, 0.717) is 13.1 Å². The van der Waals surface area contributed by atoms with Crippen molar-refractivity contribution < 1.29 is 0 Å². The summed E-state index contributed by atoms with van der Waals surface area (Å²) in [7, 11) is 0. The molecule has 0 radical (unpaired) electrons. The highest BCUT2D eigenvalue weighted by Gasteiger charge is 2.29. The Hall–Kier alpha value is -6.45. The molecule has 238 valence electrons. The molecule has 0 atom stereocenters. The molecule has 0 unspecified atom stereocenters. The number of hydrogen-bond acceptors (Lipinski definition) is 1. The molecule has 1 heterocycles. The number of nitrogens with two attached hydrogens (primary N) is 1. The van der Waals surface area contributed by atoms with Crippen LogP contribution in [0.15, 0.2) is 170 Å². The molecule has 9 rings (SSSR count). The fraction of sp³-hybridized carbons (Fsp3) is 0.0426. The van der Waals surface area contributed by atoms with Crippen molar-refractivity contribution in [1.82, 2.24) is 4.90 Å². The van der Waals surface area contributed by atoms with Crippen molar-refractivity contribution in [2.24, 2.45) is 5.73 Å². The first-order valence-electron chi connectivity index (χ1n) is 17.1. The summed E-state index contributed by atoms with van der Waals surface area (Å²) in [6.45, 7) is 1.06. The van der Waals surface area contributed by atoms with Crippen molar-refractivity contribution in [1.29, 1.82) is 5.41 Å². The van der Waals surface area contributed by atoms with Crippen LogP contribution in [0.1, 0.15) is 11.1 Å². The van der Waals surface area contributed by atoms with Crippen LogP contribution < -0.4 is 5.73 Å². The molecule has 3 heteroatoms. The molecule has 0 aliphatic carbocycles. The Morgan fingerprint density at radius 3 is 1.16 bits per heavy atom. The minimum atomic E-state index is 0.0702. The Bertz CT molecular complexity index is 2360. The molecule has 8 aromatic carbocycles. The molecule has 50 heavy (non-hydrogen) atoms. The van der Waals surface area contributed by atoms with E-state index >= 15 is 0 Å². The molecule has 0 aromatic heterocycles. The molecule has 3 N–H and O–H groups in total. The number of guanidine groups is 1. The molecule has 1 aliphatic rings. The lowest BCUT2D eigenvalue weighted by atomic mass is 9.82. The van der Waals surface area contributed by atoms with Crippen molar-refractivity contribution in [2.45, 2.75) is 13.1 Å². The molecule has 3 nitrogen and oxygen atoms in total. The van der Waals surface area contributed by atoms with Gasteiger partial charge in [0.1, 0.15) is 0 Å². The quantitative estimate of drug-likeness (QED) is 0.148. The minimum absolute atomic E-state index is 0.0702. The van der Waals surface area contributed by atoms with Gasteiger partial charge in [0.2, 0.25) is 0 Å². The van der Waals surface area contributed by atoms with E-state index < -0.39 is 0 Å². The van der Waals surface area contributed by atoms with Crippen molar-refractivity contribution in [3.8, 4) is 55.6 Å². The van der Waals surface area contributed by atoms with E-state index in [1.807, 2.05) is 4.90 Å². The van der Waals surface area contributed by atoms with Crippen LogP contribution in [-0.2, 0) is 13.1 Å². The van der Waals surface area contributed by atoms with Crippen LogP contribution in [0, 0.1) is 5.41 Å². The van der Waals surface area contributed by atoms with Crippen molar-refractivity contribution >= 4 is 27.5 Å². The Balaban J connectivity index is 1.32. The van der Waals surface area contributed by atoms with E-state index in [0.717, 1.165) is 11.1 Å². The van der Waals surface area contributed by atoms with Crippen molar-refractivity contribution in [2.75, 3.05) is 0 Å². The second-order valence-corrected chi connectivity index (χ2v) is 13.1. The topological polar surface area (TPSA) is 53.1 Å². The highest BCUT2D eigenvalue weighted by Crippen LogP contribution is 2.48. The monoisotopic (exact) mass is 641 g/mol. The van der Waals surface area contributed by atoms with Gasteiger partial charge in [0.05, 0.1) is 0 Å². The van der Waals surface area contributed by atoms with Gasteiger partial charge in [0.25, 0.3) is 0 Å². The highest BCUT2D eigenvalue weighted by atomic mass is 15.2. The molecule has 0 saturated heterocycles. The number of benzene rings is 8. The molecule has 0 bridgehead atoms. The van der Waals surface area contributed by atoms with Gasteiger partial charge in [-0.3, -0.25) is 5.41 Å². The number of fused-ring (bicyclic) bond motifs is 7. The zero-order valence-electron chi connectivity index (χ0n) is 27.6. The van der Waals surface area contributed by atoms with Gasteiger partial charge in [-0.25, -0.2) is 0 Å². The molecule has 8 aromatic rings. The maximum absolute atomic E-state index is 8.80. The summed E-state index contributed by atoms with van der Waals surface area (Å²) < 4.78 is 0. The Morgan fingerprint density at radius 2 is 0.760 bits per heavy atom. The van der Waals surface area contributed by atoms with Gasteiger partial charge >= 0.3 is 0 Å². The fourth-order valence-corrected chi connectivity index (χ4v) is 7.75. The van der Waals surface area contributed by atoms with Gasteiger partial charge in [-0.1, -0.05) is 158 Å². The van der Waals surface area contributed by atoms with E-state index in [2.05, 4.69) is 170 Å². The second kappa shape index (κ2) is 12.2. The van der Waals surface area contributed by atoms with E-state index in [-0.39, 0.29) is 5.96 Å². The van der Waals surface area contributed by atoms with Gasteiger partial charge in [0, 0.05) is 13.1 Å². The molecular formula is C47H35N3. The summed E-state index contributed by atoms with van der Waals surface area (Å²) in [5.41, 5.74) is 20.7. The maximum Gasteiger partial charge on any atom is 0.188 e. The number of nitrogens with one attached hydrogen (secondary N) is 1. The molecule has 0 fully saturated rings. The van der Waals surface area contributed by atoms with Gasteiger partial charge in [0.15, 0.2) is 5.96 Å². The largest absolute Gasteiger partial charge is 0.370 e. The van der Waals surface area contributed by atoms with Crippen molar-refractivity contribution in [3.63, 3.8) is 0 Å². The molecular weight excluding hydrogens is 607 g/mol. The number of nitrogens with zero attached hydrogens (tertiary/aromatic N) is 1. The average molecular weight is 642 g/mol. The van der Waals surface area contributed by atoms with Crippen LogP contribution in [-0.4, -0.2) is 10.9 Å². The van der Waals surface area contributed by atoms with Crippen LogP contribution in [0.2, 0.25) is 0 Å². The van der Waals surface area contributed by atoms with Gasteiger partial charge in [-0.15, -0.1) is 0 Å². The first-order valence-corrected chi connectivity index (χ1v) is 17.1. The van der Waals surface area contributed by atoms with Gasteiger partial charge in [-0.05, 0) is 100 Å². The molecule has 1 aliphatic heterocycles. The summed E-state index contributed by atoms with van der Waals surface area (Å²) >= 11 is 0. The van der Waals surface area contributed by atoms with Crippen LogP contribution in [0.4, 0.5) is 0 Å². The Labute approximate surface area is 292 Å². The lowest BCUT2D eigenvalue weighted by molar-refractivity contribution is 0.405. The van der Waals surface area contributed by atoms with E-state index in [1.165, 1.54) is 77.2 Å². The zero-order valence-corrected chi connectivity index (χ0v) is 27.6. The molecule has 0 spiro atoms. The maximum atomic E-state index is 8.80. The zero-order chi connectivity index (χ0) is 33.6. The average Bonchev–Trinajstić information content (AvgIpc) is 3.37. The summed E-state index contributed by atoms with van der Waals surface area (Å²) in [5.74, 6) is 0.0702. The predicted molar refractivity (Wildman–Crippen MR) is 210 cm³/mol. The van der Waals surface area contributed by atoms with Crippen LogP contribution in [0.25, 0.3) is 77.2 Å². The van der Waals surface area contributed by atoms with Crippen LogP contribution in [0.5, 0.6) is 0 Å². The summed E-state index contributed by atoms with van der Waals surface area (Å²) in [6.07, 6.45) is 0. The third kappa shape index (κ3) is 5.12. The normalized spacial score (nSPS) is 12.4. The lowest BCUT2D eigenvalue weighted by Crippen LogP contribution is -2.35. The van der Waals surface area contributed by atoms with Crippen LogP contribution >= 0.6 is 0 Å². The predicted octanol–water partition coefficient (Wildman–Crippen LogP) is 11.5. The number of rotatable bonds is 4. The highest BCUT2D eigenvalue weighted by molar-refractivity contribution is 6.12. The minimum Gasteiger partial charge on any atom is -0.370 e. The lowest BCUT2D eigenvalue weighted by Gasteiger charge is -2.24. The van der Waals surface area contributed by atoms with Gasteiger partial charge < -0.3 is 10.6 Å². The SMILES string of the molecule is N=C(N)N1Cc2c(-c3ccc(-c4ccccc4)cc3)cc3ccccc3c2-c2c(c(-c3ccc(-c4ccccc4)cc3)cc3ccccc23)C1. The second-order valence-electron chi connectivity index (χ2n) is 13.1. The number of hydrogen-bond donors (Lipinski definition) is 2. The molecule has 0 saturated carbocycles. The Kier molecular flexibility index (Phi) is 7.25. The van der Waals surface area contributed by atoms with Crippen molar-refractivity contribution in [3.05, 3.63) is 181 Å². The summed E-state index contributed by atoms with van der Waals surface area (Å²) in [6, 6.07) is 60.9. The fourth-order valence-electron chi connectivity index (χ4n) is 7.75. The third-order valence-corrected chi connectivity index (χ3v) is 10.2. The first-order chi connectivity index (χ1) is 24.6. The van der Waals surface area contributed by atoms with E-state index in [1.54, 1.807) is 0 Å². The smallest absolute Gasteiger partial charge is 0.188 e. The Morgan fingerprint density at radius 1 is 0.420 bits per heavy atom. The third-order valence-electron chi connectivity index (χ3n) is 10.2. The van der Waals surface area contributed by atoms with E-state index in [9.17, 15) is 0 Å². The first kappa shape index (κ1) is 29.7. The summed E-state index contributed by atoms with van der Waals surface area (Å²) in [5, 5.41) is 13.6. The van der Waals surface area contributed by atoms with Crippen LogP contribution in [0.3, 0.4) is 0 Å². The summed E-state index contributed by atoms with van der Waals surface area (Å²) in [4.78, 5) is 2.03. The van der Waals surface area contributed by atoms with E-state index in [4.69, 9.17) is 11.1 Å². The molecule has 0 amide bonds. The standard InChI is InChI=1S/C47H35N3/c48-47(49)50-29-43-41(35-23-19-33(20-24-35)31-11-3-1-4-12-31)27-37-15-7-9-17-39(37)45(43)46-40-18-10-8-16-38(40)28-42(44(46)30-50)36-25-21-34(22-26-36)32-13-5-2-6-14-32/h1-28H,29-30H2,(H3,48,49). The van der Waals surface area contributed by atoms with Gasteiger partial charge in [-0.2, -0.15) is 0 Å².